The van der Waals surface area contributed by atoms with Crippen LogP contribution < -0.4 is 0 Å². The van der Waals surface area contributed by atoms with Gasteiger partial charge in [-0.3, -0.25) is 18.6 Å². The van der Waals surface area contributed by atoms with Crippen molar-refractivity contribution in [3.8, 4) is 0 Å². The first-order chi connectivity index (χ1) is 28.0. The van der Waals surface area contributed by atoms with Gasteiger partial charge >= 0.3 is 19.8 Å². The van der Waals surface area contributed by atoms with E-state index in [1.54, 1.807) is 0 Å². The average molecular weight is 835 g/mol. The number of esters is 2. The fraction of sp³-hybridized carbons (Fsp3) is 0.708. The van der Waals surface area contributed by atoms with Crippen molar-refractivity contribution in [3.05, 3.63) is 72.9 Å². The predicted molar refractivity (Wildman–Crippen MR) is 242 cm³/mol. The van der Waals surface area contributed by atoms with Crippen molar-refractivity contribution in [1.82, 2.24) is 0 Å². The maximum atomic E-state index is 12.7. The quantitative estimate of drug-likeness (QED) is 0.0214. The molecular formula is C48H85NO8P+. The molecular weight excluding hydrogens is 750 g/mol. The van der Waals surface area contributed by atoms with Gasteiger partial charge in [0.25, 0.3) is 0 Å². The topological polar surface area (TPSA) is 108 Å². The lowest BCUT2D eigenvalue weighted by Gasteiger charge is -2.24. The zero-order valence-electron chi connectivity index (χ0n) is 37.5. The molecule has 0 rings (SSSR count). The third kappa shape index (κ3) is 43.0. The molecule has 0 aromatic rings. The lowest BCUT2D eigenvalue weighted by Crippen LogP contribution is -2.37. The number of allylic oxidation sites excluding steroid dienone is 12. The van der Waals surface area contributed by atoms with Gasteiger partial charge in [0.05, 0.1) is 27.7 Å². The van der Waals surface area contributed by atoms with Crippen molar-refractivity contribution in [1.29, 1.82) is 0 Å². The zero-order valence-corrected chi connectivity index (χ0v) is 38.4. The number of carbonyl (C=O) groups excluding carboxylic acids is 2. The molecule has 0 aliphatic carbocycles. The number of carbonyl (C=O) groups is 2. The first-order valence-corrected chi connectivity index (χ1v) is 24.2. The Morgan fingerprint density at radius 2 is 0.966 bits per heavy atom. The molecule has 0 fully saturated rings. The standard InChI is InChI=1S/C48H84NO8P/c1-6-8-10-12-14-16-18-20-22-23-24-25-27-28-30-32-34-36-38-40-47(50)54-44-46(45-56-58(52,53)55-43-42-49(3,4)5)57-48(51)41-39-37-35-33-31-29-26-21-19-17-15-13-11-9-7-2/h14,16-17,19-20,22,24-25,28,30,34,36,46H,6-13,15,18,21,23,26-27,29,31-33,35,37-45H2,1-5H3/p+1/b16-14-,19-17-,22-20-,25-24-,30-28-,36-34-/t46-/m1/s1. The smallest absolute Gasteiger partial charge is 0.462 e. The van der Waals surface area contributed by atoms with Crippen molar-refractivity contribution < 1.29 is 42.1 Å². The van der Waals surface area contributed by atoms with Crippen molar-refractivity contribution in [2.45, 2.75) is 174 Å². The third-order valence-electron chi connectivity index (χ3n) is 9.22. The van der Waals surface area contributed by atoms with E-state index in [9.17, 15) is 19.0 Å². The number of likely N-dealkylation sites (N-methyl/N-ethyl adjacent to an activating group) is 1. The van der Waals surface area contributed by atoms with Crippen LogP contribution in [0.2, 0.25) is 0 Å². The number of phosphoric ester groups is 1. The number of unbranched alkanes of at least 4 members (excludes halogenated alkanes) is 14. The number of hydrogen-bond donors (Lipinski definition) is 1. The summed E-state index contributed by atoms with van der Waals surface area (Å²) < 4.78 is 34.2. The largest absolute Gasteiger partial charge is 0.472 e. The van der Waals surface area contributed by atoms with Crippen molar-refractivity contribution in [3.63, 3.8) is 0 Å². The highest BCUT2D eigenvalue weighted by molar-refractivity contribution is 7.47. The SMILES string of the molecule is CCCCC/C=C\C/C=C\C/C=C\C/C=C\C/C=C\CCC(=O)OC[C@H](COP(=O)(O)OCC[N+](C)(C)C)OC(=O)CCCCCCCCC/C=C\CCCCCC. The van der Waals surface area contributed by atoms with Crippen LogP contribution in [-0.2, 0) is 32.7 Å². The minimum Gasteiger partial charge on any atom is -0.462 e. The number of nitrogens with zero attached hydrogens (tertiary/aromatic N) is 1. The molecule has 0 aromatic heterocycles. The second-order valence-electron chi connectivity index (χ2n) is 16.1. The second kappa shape index (κ2) is 39.9. The van der Waals surface area contributed by atoms with Gasteiger partial charge < -0.3 is 18.9 Å². The number of phosphoric acid groups is 1. The van der Waals surface area contributed by atoms with Crippen LogP contribution in [0.1, 0.15) is 168 Å². The Bertz CT molecular complexity index is 1220. The summed E-state index contributed by atoms with van der Waals surface area (Å²) in [7, 11) is 1.43. The van der Waals surface area contributed by atoms with E-state index < -0.39 is 32.5 Å². The lowest BCUT2D eigenvalue weighted by molar-refractivity contribution is -0.870. The first-order valence-electron chi connectivity index (χ1n) is 22.7. The summed E-state index contributed by atoms with van der Waals surface area (Å²) >= 11 is 0. The van der Waals surface area contributed by atoms with Gasteiger partial charge in [-0.25, -0.2) is 4.57 Å². The Morgan fingerprint density at radius 3 is 1.50 bits per heavy atom. The van der Waals surface area contributed by atoms with Gasteiger partial charge in [-0.2, -0.15) is 0 Å². The van der Waals surface area contributed by atoms with Crippen molar-refractivity contribution >= 4 is 19.8 Å². The van der Waals surface area contributed by atoms with Crippen LogP contribution in [0.25, 0.3) is 0 Å². The van der Waals surface area contributed by atoms with Gasteiger partial charge in [-0.05, 0) is 77.0 Å². The molecule has 0 bridgehead atoms. The first kappa shape index (κ1) is 55.5. The summed E-state index contributed by atoms with van der Waals surface area (Å²) in [6, 6.07) is 0. The normalized spacial score (nSPS) is 14.2. The number of quaternary nitrogens is 1. The number of rotatable bonds is 40. The fourth-order valence-electron chi connectivity index (χ4n) is 5.64. The van der Waals surface area contributed by atoms with Crippen molar-refractivity contribution in [2.24, 2.45) is 0 Å². The van der Waals surface area contributed by atoms with E-state index in [4.69, 9.17) is 18.5 Å². The summed E-state index contributed by atoms with van der Waals surface area (Å²) in [4.78, 5) is 35.3. The van der Waals surface area contributed by atoms with Crippen LogP contribution in [0.5, 0.6) is 0 Å². The zero-order chi connectivity index (χ0) is 42.8. The maximum absolute atomic E-state index is 12.7. The molecule has 0 amide bonds. The van der Waals surface area contributed by atoms with Crippen LogP contribution in [0.4, 0.5) is 0 Å². The summed E-state index contributed by atoms with van der Waals surface area (Å²) in [5.74, 6) is -0.905. The Kier molecular flexibility index (Phi) is 38.1. The van der Waals surface area contributed by atoms with E-state index in [0.29, 0.717) is 23.9 Å². The van der Waals surface area contributed by atoms with Gasteiger partial charge in [0.15, 0.2) is 6.10 Å². The van der Waals surface area contributed by atoms with Gasteiger partial charge in [0, 0.05) is 12.8 Å². The molecule has 0 heterocycles. The molecule has 10 heteroatoms. The molecule has 2 atom stereocenters. The maximum Gasteiger partial charge on any atom is 0.472 e. The Hall–Kier alpha value is -2.55. The molecule has 1 unspecified atom stereocenters. The van der Waals surface area contributed by atoms with E-state index >= 15 is 0 Å². The number of ether oxygens (including phenoxy) is 2. The Labute approximate surface area is 355 Å². The second-order valence-corrected chi connectivity index (χ2v) is 17.5. The van der Waals surface area contributed by atoms with Crippen LogP contribution in [-0.4, -0.2) is 74.9 Å². The average Bonchev–Trinajstić information content (AvgIpc) is 3.17. The third-order valence-corrected chi connectivity index (χ3v) is 10.2. The Balaban J connectivity index is 4.48. The highest BCUT2D eigenvalue weighted by Gasteiger charge is 2.27. The lowest BCUT2D eigenvalue weighted by atomic mass is 10.1. The van der Waals surface area contributed by atoms with Gasteiger partial charge in [0.1, 0.15) is 19.8 Å². The molecule has 0 aliphatic rings. The monoisotopic (exact) mass is 835 g/mol. The van der Waals surface area contributed by atoms with Gasteiger partial charge in [0.2, 0.25) is 0 Å². The molecule has 0 radical (unpaired) electrons. The highest BCUT2D eigenvalue weighted by Crippen LogP contribution is 2.43. The van der Waals surface area contributed by atoms with E-state index in [2.05, 4.69) is 74.6 Å². The van der Waals surface area contributed by atoms with Crippen molar-refractivity contribution in [2.75, 3.05) is 47.5 Å². The minimum atomic E-state index is -4.40. The van der Waals surface area contributed by atoms with Crippen LogP contribution in [0.3, 0.4) is 0 Å². The van der Waals surface area contributed by atoms with Crippen LogP contribution in [0, 0.1) is 0 Å². The summed E-state index contributed by atoms with van der Waals surface area (Å²) in [5, 5.41) is 0. The molecule has 0 spiro atoms. The summed E-state index contributed by atoms with van der Waals surface area (Å²) in [6.07, 6.45) is 49.6. The molecule has 0 saturated heterocycles. The van der Waals surface area contributed by atoms with Crippen LogP contribution in [0.15, 0.2) is 72.9 Å². The Morgan fingerprint density at radius 1 is 0.534 bits per heavy atom. The van der Waals surface area contributed by atoms with E-state index in [1.165, 1.54) is 77.0 Å². The van der Waals surface area contributed by atoms with Gasteiger partial charge in [-0.15, -0.1) is 0 Å². The molecule has 1 N–H and O–H groups in total. The minimum absolute atomic E-state index is 0.0168. The molecule has 0 aliphatic heterocycles. The van der Waals surface area contributed by atoms with E-state index in [0.717, 1.165) is 51.4 Å². The number of hydrogen-bond acceptors (Lipinski definition) is 7. The summed E-state index contributed by atoms with van der Waals surface area (Å²) in [6.45, 7) is 4.28. The van der Waals surface area contributed by atoms with Crippen LogP contribution >= 0.6 is 7.82 Å². The predicted octanol–water partition coefficient (Wildman–Crippen LogP) is 13.0. The molecule has 334 valence electrons. The van der Waals surface area contributed by atoms with E-state index in [-0.39, 0.29) is 26.1 Å². The van der Waals surface area contributed by atoms with Gasteiger partial charge in [-0.1, -0.05) is 151 Å². The molecule has 58 heavy (non-hydrogen) atoms. The molecule has 0 aromatic carbocycles. The van der Waals surface area contributed by atoms with E-state index in [1.807, 2.05) is 33.3 Å². The highest BCUT2D eigenvalue weighted by atomic mass is 31.2. The molecule has 0 saturated carbocycles. The fourth-order valence-corrected chi connectivity index (χ4v) is 6.38. The summed E-state index contributed by atoms with van der Waals surface area (Å²) in [5.41, 5.74) is 0. The molecule has 9 nitrogen and oxygen atoms in total.